The topological polar surface area (TPSA) is 115 Å². The van der Waals surface area contributed by atoms with Crippen LogP contribution in [-0.2, 0) is 9.59 Å². The Kier molecular flexibility index (Phi) is 10.8. The Morgan fingerprint density at radius 3 is 2.19 bits per heavy atom. The highest BCUT2D eigenvalue weighted by molar-refractivity contribution is 8.00. The monoisotopic (exact) mass is 597 g/mol. The van der Waals surface area contributed by atoms with E-state index in [-0.39, 0.29) is 17.4 Å². The number of nitrogens with one attached hydrogen (secondary N) is 3. The maximum absolute atomic E-state index is 13.4. The lowest BCUT2D eigenvalue weighted by Gasteiger charge is -2.14. The van der Waals surface area contributed by atoms with Crippen molar-refractivity contribution in [3.05, 3.63) is 114 Å². The Labute approximate surface area is 254 Å². The molecule has 3 N–H and O–H groups in total. The fourth-order valence-corrected chi connectivity index (χ4v) is 4.70. The van der Waals surface area contributed by atoms with E-state index in [1.54, 1.807) is 104 Å². The first-order valence-electron chi connectivity index (χ1n) is 13.2. The molecular weight excluding hydrogens is 566 g/mol. The van der Waals surface area contributed by atoms with Crippen LogP contribution in [0.1, 0.15) is 15.9 Å². The predicted molar refractivity (Wildman–Crippen MR) is 169 cm³/mol. The van der Waals surface area contributed by atoms with Gasteiger partial charge in [-0.15, -0.1) is 11.8 Å². The Hall–Kier alpha value is -5.22. The number of amides is 3. The summed E-state index contributed by atoms with van der Waals surface area (Å²) >= 11 is 1.36. The molecule has 0 atom stereocenters. The summed E-state index contributed by atoms with van der Waals surface area (Å²) < 4.78 is 16.1. The van der Waals surface area contributed by atoms with Crippen LogP contribution >= 0.6 is 11.8 Å². The lowest BCUT2D eigenvalue weighted by molar-refractivity contribution is -0.114. The highest BCUT2D eigenvalue weighted by Crippen LogP contribution is 2.32. The third-order valence-electron chi connectivity index (χ3n) is 6.10. The summed E-state index contributed by atoms with van der Waals surface area (Å²) in [6.07, 6.45) is 1.53. The number of methoxy groups -OCH3 is 3. The first-order chi connectivity index (χ1) is 20.9. The summed E-state index contributed by atoms with van der Waals surface area (Å²) in [4.78, 5) is 39.6. The number of hydrogen-bond donors (Lipinski definition) is 3. The second-order valence-corrected chi connectivity index (χ2v) is 10.1. The van der Waals surface area contributed by atoms with Crippen LogP contribution in [0.3, 0.4) is 0 Å². The molecule has 0 radical (unpaired) electrons. The van der Waals surface area contributed by atoms with Crippen LogP contribution in [0, 0.1) is 0 Å². The van der Waals surface area contributed by atoms with Gasteiger partial charge in [0.15, 0.2) is 11.5 Å². The number of benzene rings is 4. The second-order valence-electron chi connectivity index (χ2n) is 9.01. The van der Waals surface area contributed by atoms with Crippen molar-refractivity contribution in [1.82, 2.24) is 5.32 Å². The summed E-state index contributed by atoms with van der Waals surface area (Å²) in [5.41, 5.74) is 2.11. The highest BCUT2D eigenvalue weighted by atomic mass is 32.2. The molecule has 10 heteroatoms. The largest absolute Gasteiger partial charge is 0.497 e. The van der Waals surface area contributed by atoms with Crippen LogP contribution in [0.2, 0.25) is 0 Å². The molecule has 0 aromatic heterocycles. The molecule has 9 nitrogen and oxygen atoms in total. The van der Waals surface area contributed by atoms with E-state index in [2.05, 4.69) is 16.0 Å². The quantitative estimate of drug-likeness (QED) is 0.139. The van der Waals surface area contributed by atoms with Gasteiger partial charge in [-0.3, -0.25) is 14.4 Å². The fourth-order valence-electron chi connectivity index (χ4n) is 4.00. The molecule has 0 fully saturated rings. The van der Waals surface area contributed by atoms with Crippen molar-refractivity contribution in [2.45, 2.75) is 4.90 Å². The number of carbonyl (C=O) groups is 3. The van der Waals surface area contributed by atoms with E-state index in [0.29, 0.717) is 39.8 Å². The van der Waals surface area contributed by atoms with Gasteiger partial charge in [0.05, 0.1) is 27.1 Å². The Bertz CT molecular complexity index is 1610. The van der Waals surface area contributed by atoms with E-state index in [1.165, 1.54) is 32.1 Å². The van der Waals surface area contributed by atoms with Crippen LogP contribution in [-0.4, -0.2) is 44.8 Å². The Morgan fingerprint density at radius 1 is 0.744 bits per heavy atom. The molecule has 3 amide bonds. The zero-order chi connectivity index (χ0) is 30.6. The van der Waals surface area contributed by atoms with Gasteiger partial charge in [0.25, 0.3) is 11.8 Å². The van der Waals surface area contributed by atoms with Crippen molar-refractivity contribution < 1.29 is 28.6 Å². The molecule has 43 heavy (non-hydrogen) atoms. The summed E-state index contributed by atoms with van der Waals surface area (Å²) in [5, 5.41) is 8.39. The third kappa shape index (κ3) is 8.64. The van der Waals surface area contributed by atoms with Crippen LogP contribution in [0.15, 0.2) is 108 Å². The molecule has 4 rings (SSSR count). The standard InChI is InChI=1S/C33H31N3O6S/c1-40-26-13-8-12-25(20-26)34-30(37)21-43-27-17-15-24(16-18-27)35-33(39)28(36-32(38)22-9-5-4-6-10-22)19-23-11-7-14-29(41-2)31(23)42-3/h4-20H,21H2,1-3H3,(H,34,37)(H,35,39)(H,36,38)/b28-19-. The van der Waals surface area contributed by atoms with Gasteiger partial charge >= 0.3 is 0 Å². The molecular formula is C33H31N3O6S. The average molecular weight is 598 g/mol. The van der Waals surface area contributed by atoms with Gasteiger partial charge in [0.2, 0.25) is 5.91 Å². The summed E-state index contributed by atoms with van der Waals surface area (Å²) in [6, 6.07) is 28.0. The van der Waals surface area contributed by atoms with Gasteiger partial charge in [-0.05, 0) is 60.7 Å². The van der Waals surface area contributed by atoms with E-state index in [0.717, 1.165) is 4.90 Å². The number of para-hydroxylation sites is 1. The lowest BCUT2D eigenvalue weighted by Crippen LogP contribution is -2.30. The molecule has 0 aliphatic rings. The van der Waals surface area contributed by atoms with Gasteiger partial charge in [-0.2, -0.15) is 0 Å². The van der Waals surface area contributed by atoms with Gasteiger partial charge in [0.1, 0.15) is 11.4 Å². The first-order valence-corrected chi connectivity index (χ1v) is 14.2. The van der Waals surface area contributed by atoms with E-state index in [1.807, 2.05) is 0 Å². The van der Waals surface area contributed by atoms with Gasteiger partial charge in [0, 0.05) is 33.5 Å². The van der Waals surface area contributed by atoms with E-state index in [9.17, 15) is 14.4 Å². The molecule has 0 saturated heterocycles. The summed E-state index contributed by atoms with van der Waals surface area (Å²) in [7, 11) is 4.59. The molecule has 0 aliphatic heterocycles. The molecule has 0 unspecified atom stereocenters. The van der Waals surface area contributed by atoms with Crippen LogP contribution in [0.4, 0.5) is 11.4 Å². The second kappa shape index (κ2) is 15.1. The van der Waals surface area contributed by atoms with E-state index >= 15 is 0 Å². The van der Waals surface area contributed by atoms with Gasteiger partial charge in [-0.25, -0.2) is 0 Å². The SMILES string of the molecule is COc1cccc(NC(=O)CSc2ccc(NC(=O)/C(=C/c3cccc(OC)c3OC)NC(=O)c3ccccc3)cc2)c1. The van der Waals surface area contributed by atoms with Crippen molar-refractivity contribution in [2.24, 2.45) is 0 Å². The molecule has 220 valence electrons. The molecule has 0 aliphatic carbocycles. The maximum Gasteiger partial charge on any atom is 0.272 e. The van der Waals surface area contributed by atoms with Crippen LogP contribution in [0.5, 0.6) is 17.2 Å². The number of carbonyl (C=O) groups excluding carboxylic acids is 3. The van der Waals surface area contributed by atoms with Gasteiger partial charge in [-0.1, -0.05) is 36.4 Å². The minimum absolute atomic E-state index is 0.00747. The number of ether oxygens (including phenoxy) is 3. The summed E-state index contributed by atoms with van der Waals surface area (Å²) in [6.45, 7) is 0. The summed E-state index contributed by atoms with van der Waals surface area (Å²) in [5.74, 6) is 0.617. The van der Waals surface area contributed by atoms with Crippen molar-refractivity contribution in [3.8, 4) is 17.2 Å². The smallest absolute Gasteiger partial charge is 0.272 e. The first kappa shape index (κ1) is 30.7. The van der Waals surface area contributed by atoms with Crippen molar-refractivity contribution in [2.75, 3.05) is 37.7 Å². The van der Waals surface area contributed by atoms with Crippen molar-refractivity contribution >= 4 is 46.9 Å². The van der Waals surface area contributed by atoms with Crippen molar-refractivity contribution in [3.63, 3.8) is 0 Å². The minimum atomic E-state index is -0.535. The predicted octanol–water partition coefficient (Wildman–Crippen LogP) is 5.85. The van der Waals surface area contributed by atoms with E-state index in [4.69, 9.17) is 14.2 Å². The molecule has 0 bridgehead atoms. The van der Waals surface area contributed by atoms with Crippen molar-refractivity contribution in [1.29, 1.82) is 0 Å². The Morgan fingerprint density at radius 2 is 1.49 bits per heavy atom. The number of rotatable bonds is 12. The zero-order valence-electron chi connectivity index (χ0n) is 23.9. The average Bonchev–Trinajstić information content (AvgIpc) is 3.04. The molecule has 4 aromatic rings. The number of thioether (sulfide) groups is 1. The molecule has 0 saturated carbocycles. The van der Waals surface area contributed by atoms with Gasteiger partial charge < -0.3 is 30.2 Å². The third-order valence-corrected chi connectivity index (χ3v) is 7.11. The number of hydrogen-bond acceptors (Lipinski definition) is 7. The van der Waals surface area contributed by atoms with Crippen LogP contribution < -0.4 is 30.2 Å². The highest BCUT2D eigenvalue weighted by Gasteiger charge is 2.17. The number of anilines is 2. The molecule has 0 spiro atoms. The minimum Gasteiger partial charge on any atom is -0.497 e. The fraction of sp³-hybridized carbons (Fsp3) is 0.121. The normalized spacial score (nSPS) is 10.8. The molecule has 0 heterocycles. The Balaban J connectivity index is 1.46. The van der Waals surface area contributed by atoms with E-state index < -0.39 is 11.8 Å². The van der Waals surface area contributed by atoms with Crippen LogP contribution in [0.25, 0.3) is 6.08 Å². The maximum atomic E-state index is 13.4. The molecule has 4 aromatic carbocycles. The lowest BCUT2D eigenvalue weighted by atomic mass is 10.1. The zero-order valence-corrected chi connectivity index (χ0v) is 24.7.